The standard InChI is InChI=1S/C23H26FN5O3S/c1-14(2)29-22(15(3)32-20-11-5-17(24)6-12-20)27-28-23(29)33-13-21(31)26-19-9-7-18(8-10-19)25-16(4)30/h5-12,14-15H,13H2,1-4H3,(H,25,30)(H,26,31). The second kappa shape index (κ2) is 11.0. The highest BCUT2D eigenvalue weighted by Gasteiger charge is 2.22. The molecular weight excluding hydrogens is 445 g/mol. The summed E-state index contributed by atoms with van der Waals surface area (Å²) in [6.45, 7) is 7.28. The van der Waals surface area contributed by atoms with E-state index in [1.807, 2.05) is 25.3 Å². The zero-order valence-corrected chi connectivity index (χ0v) is 19.6. The van der Waals surface area contributed by atoms with Gasteiger partial charge >= 0.3 is 0 Å². The van der Waals surface area contributed by atoms with Gasteiger partial charge in [0.25, 0.3) is 0 Å². The molecule has 0 spiro atoms. The molecule has 1 heterocycles. The fourth-order valence-corrected chi connectivity index (χ4v) is 3.96. The maximum atomic E-state index is 13.1. The van der Waals surface area contributed by atoms with E-state index >= 15 is 0 Å². The van der Waals surface area contributed by atoms with Crippen LogP contribution in [0.5, 0.6) is 5.75 Å². The molecule has 2 amide bonds. The fourth-order valence-electron chi connectivity index (χ4n) is 3.09. The Bertz CT molecular complexity index is 1100. The predicted octanol–water partition coefficient (Wildman–Crippen LogP) is 4.83. The van der Waals surface area contributed by atoms with Crippen molar-refractivity contribution < 1.29 is 18.7 Å². The summed E-state index contributed by atoms with van der Waals surface area (Å²) in [6.07, 6.45) is -0.421. The number of ether oxygens (including phenoxy) is 1. The van der Waals surface area contributed by atoms with Crippen LogP contribution in [0.3, 0.4) is 0 Å². The van der Waals surface area contributed by atoms with Crippen LogP contribution in [0.2, 0.25) is 0 Å². The molecule has 3 rings (SSSR count). The molecule has 0 aliphatic carbocycles. The normalized spacial score (nSPS) is 11.8. The van der Waals surface area contributed by atoms with E-state index in [1.165, 1.54) is 30.8 Å². The highest BCUT2D eigenvalue weighted by Crippen LogP contribution is 2.28. The van der Waals surface area contributed by atoms with Crippen molar-refractivity contribution in [3.63, 3.8) is 0 Å². The number of aromatic nitrogens is 3. The molecule has 0 aliphatic rings. The minimum absolute atomic E-state index is 0.0427. The van der Waals surface area contributed by atoms with Crippen LogP contribution in [-0.2, 0) is 9.59 Å². The van der Waals surface area contributed by atoms with E-state index in [0.29, 0.717) is 28.1 Å². The molecule has 3 aromatic rings. The highest BCUT2D eigenvalue weighted by atomic mass is 32.2. The molecule has 0 saturated heterocycles. The number of hydrogen-bond donors (Lipinski definition) is 2. The summed E-state index contributed by atoms with van der Waals surface area (Å²) in [7, 11) is 0. The summed E-state index contributed by atoms with van der Waals surface area (Å²) in [5.41, 5.74) is 1.28. The van der Waals surface area contributed by atoms with Gasteiger partial charge in [0, 0.05) is 24.3 Å². The van der Waals surface area contributed by atoms with Crippen molar-refractivity contribution in [3.8, 4) is 5.75 Å². The van der Waals surface area contributed by atoms with Gasteiger partial charge in [0.2, 0.25) is 11.8 Å². The lowest BCUT2D eigenvalue weighted by molar-refractivity contribution is -0.114. The number of halogens is 1. The first-order valence-corrected chi connectivity index (χ1v) is 11.4. The number of carbonyl (C=O) groups excluding carboxylic acids is 2. The number of nitrogens with zero attached hydrogens (tertiary/aromatic N) is 3. The zero-order valence-electron chi connectivity index (χ0n) is 18.8. The molecule has 0 aliphatic heterocycles. The van der Waals surface area contributed by atoms with E-state index in [9.17, 15) is 14.0 Å². The summed E-state index contributed by atoms with van der Waals surface area (Å²) >= 11 is 1.28. The molecule has 174 valence electrons. The van der Waals surface area contributed by atoms with Crippen molar-refractivity contribution in [2.45, 2.75) is 45.0 Å². The van der Waals surface area contributed by atoms with Crippen molar-refractivity contribution in [2.75, 3.05) is 16.4 Å². The molecule has 0 saturated carbocycles. The van der Waals surface area contributed by atoms with Gasteiger partial charge in [-0.1, -0.05) is 11.8 Å². The van der Waals surface area contributed by atoms with Gasteiger partial charge in [-0.15, -0.1) is 10.2 Å². The third kappa shape index (κ3) is 6.79. The van der Waals surface area contributed by atoms with E-state index in [1.54, 1.807) is 36.4 Å². The van der Waals surface area contributed by atoms with Gasteiger partial charge < -0.3 is 19.9 Å². The lowest BCUT2D eigenvalue weighted by atomic mass is 10.3. The second-order valence-electron chi connectivity index (χ2n) is 7.61. The lowest BCUT2D eigenvalue weighted by Crippen LogP contribution is -2.16. The lowest BCUT2D eigenvalue weighted by Gasteiger charge is -2.18. The van der Waals surface area contributed by atoms with E-state index in [2.05, 4.69) is 20.8 Å². The van der Waals surface area contributed by atoms with Gasteiger partial charge in [-0.25, -0.2) is 4.39 Å². The Balaban J connectivity index is 1.62. The Morgan fingerprint density at radius 2 is 1.61 bits per heavy atom. The van der Waals surface area contributed by atoms with Crippen molar-refractivity contribution >= 4 is 35.0 Å². The topological polar surface area (TPSA) is 98.1 Å². The van der Waals surface area contributed by atoms with Crippen molar-refractivity contribution in [1.29, 1.82) is 0 Å². The van der Waals surface area contributed by atoms with Gasteiger partial charge in [-0.05, 0) is 69.3 Å². The van der Waals surface area contributed by atoms with Crippen LogP contribution < -0.4 is 15.4 Å². The van der Waals surface area contributed by atoms with Crippen LogP contribution in [0, 0.1) is 5.82 Å². The molecule has 1 unspecified atom stereocenters. The number of nitrogens with one attached hydrogen (secondary N) is 2. The molecule has 0 fully saturated rings. The smallest absolute Gasteiger partial charge is 0.234 e. The molecule has 1 atom stereocenters. The van der Waals surface area contributed by atoms with Crippen LogP contribution in [-0.4, -0.2) is 32.3 Å². The third-order valence-electron chi connectivity index (χ3n) is 4.52. The summed E-state index contributed by atoms with van der Waals surface area (Å²) < 4.78 is 21.0. The van der Waals surface area contributed by atoms with Gasteiger partial charge in [-0.3, -0.25) is 9.59 Å². The van der Waals surface area contributed by atoms with E-state index in [0.717, 1.165) is 0 Å². The molecule has 2 N–H and O–H groups in total. The Hall–Kier alpha value is -3.40. The molecule has 0 bridgehead atoms. The number of hydrogen-bond acceptors (Lipinski definition) is 6. The Morgan fingerprint density at radius 3 is 2.18 bits per heavy atom. The van der Waals surface area contributed by atoms with Crippen LogP contribution in [0.15, 0.2) is 53.7 Å². The maximum absolute atomic E-state index is 13.1. The molecule has 2 aromatic carbocycles. The number of benzene rings is 2. The summed E-state index contributed by atoms with van der Waals surface area (Å²) in [5.74, 6) is 0.606. The largest absolute Gasteiger partial charge is 0.483 e. The molecule has 10 heteroatoms. The van der Waals surface area contributed by atoms with Gasteiger partial charge in [0.15, 0.2) is 17.1 Å². The Kier molecular flexibility index (Phi) is 8.05. The second-order valence-corrected chi connectivity index (χ2v) is 8.56. The van der Waals surface area contributed by atoms with E-state index in [4.69, 9.17) is 4.74 Å². The molecule has 0 radical (unpaired) electrons. The minimum atomic E-state index is -0.421. The number of amides is 2. The first-order chi connectivity index (χ1) is 15.7. The first kappa shape index (κ1) is 24.2. The van der Waals surface area contributed by atoms with Crippen LogP contribution in [0.4, 0.5) is 15.8 Å². The molecule has 1 aromatic heterocycles. The number of anilines is 2. The molecule has 8 nitrogen and oxygen atoms in total. The average Bonchev–Trinajstić information content (AvgIpc) is 3.19. The minimum Gasteiger partial charge on any atom is -0.483 e. The van der Waals surface area contributed by atoms with Gasteiger partial charge in [0.05, 0.1) is 5.75 Å². The average molecular weight is 472 g/mol. The Labute approximate surface area is 195 Å². The summed E-state index contributed by atoms with van der Waals surface area (Å²) in [4.78, 5) is 23.5. The monoisotopic (exact) mass is 471 g/mol. The fraction of sp³-hybridized carbons (Fsp3) is 0.304. The van der Waals surface area contributed by atoms with Crippen molar-refractivity contribution in [2.24, 2.45) is 0 Å². The third-order valence-corrected chi connectivity index (χ3v) is 5.46. The summed E-state index contributed by atoms with van der Waals surface area (Å²) in [5, 5.41) is 14.6. The van der Waals surface area contributed by atoms with Crippen molar-refractivity contribution in [1.82, 2.24) is 14.8 Å². The first-order valence-electron chi connectivity index (χ1n) is 10.4. The zero-order chi connectivity index (χ0) is 24.0. The SMILES string of the molecule is CC(=O)Nc1ccc(NC(=O)CSc2nnc(C(C)Oc3ccc(F)cc3)n2C(C)C)cc1. The van der Waals surface area contributed by atoms with Gasteiger partial charge in [-0.2, -0.15) is 0 Å². The van der Waals surface area contributed by atoms with Crippen LogP contribution in [0.1, 0.15) is 45.7 Å². The highest BCUT2D eigenvalue weighted by molar-refractivity contribution is 7.99. The number of carbonyl (C=O) groups is 2. The van der Waals surface area contributed by atoms with Crippen molar-refractivity contribution in [3.05, 3.63) is 60.2 Å². The van der Waals surface area contributed by atoms with E-state index < -0.39 is 6.10 Å². The Morgan fingerprint density at radius 1 is 1.00 bits per heavy atom. The predicted molar refractivity (Wildman–Crippen MR) is 126 cm³/mol. The van der Waals surface area contributed by atoms with Crippen LogP contribution >= 0.6 is 11.8 Å². The van der Waals surface area contributed by atoms with Crippen LogP contribution in [0.25, 0.3) is 0 Å². The van der Waals surface area contributed by atoms with E-state index in [-0.39, 0.29) is 29.4 Å². The number of thioether (sulfide) groups is 1. The summed E-state index contributed by atoms with van der Waals surface area (Å²) in [6, 6.07) is 12.7. The number of rotatable bonds is 9. The van der Waals surface area contributed by atoms with Gasteiger partial charge in [0.1, 0.15) is 11.6 Å². The maximum Gasteiger partial charge on any atom is 0.234 e. The quantitative estimate of drug-likeness (QED) is 0.434. The molecule has 33 heavy (non-hydrogen) atoms. The molecular formula is C23H26FN5O3S.